The topological polar surface area (TPSA) is 91.6 Å². The molecule has 112 valence electrons. The van der Waals surface area contributed by atoms with Crippen LogP contribution in [0.3, 0.4) is 0 Å². The van der Waals surface area contributed by atoms with Crippen molar-refractivity contribution in [1.82, 2.24) is 0 Å². The number of amides is 1. The number of nitrogens with two attached hydrogens (primary N) is 1. The SMILES string of the molecule is N#CC1=N[C@H](c2ccccc2)C(c2ccccc2)=N[C@@H]1C(N)=O. The number of nitrogens with zero attached hydrogens (tertiary/aromatic N) is 3. The summed E-state index contributed by atoms with van der Waals surface area (Å²) in [5.74, 6) is -0.676. The number of aliphatic imine (C=N–C) groups is 2. The Labute approximate surface area is 133 Å². The van der Waals surface area contributed by atoms with E-state index in [2.05, 4.69) is 9.98 Å². The van der Waals surface area contributed by atoms with E-state index in [0.717, 1.165) is 11.1 Å². The lowest BCUT2D eigenvalue weighted by molar-refractivity contribution is -0.117. The Morgan fingerprint density at radius 1 is 1.00 bits per heavy atom. The molecule has 2 aromatic carbocycles. The molecule has 1 aliphatic rings. The second-order valence-electron chi connectivity index (χ2n) is 5.12. The van der Waals surface area contributed by atoms with E-state index in [0.29, 0.717) is 5.71 Å². The van der Waals surface area contributed by atoms with Gasteiger partial charge in [-0.05, 0) is 11.1 Å². The molecule has 0 fully saturated rings. The van der Waals surface area contributed by atoms with Crippen molar-refractivity contribution in [2.24, 2.45) is 15.7 Å². The van der Waals surface area contributed by atoms with E-state index in [-0.39, 0.29) is 5.71 Å². The van der Waals surface area contributed by atoms with Crippen molar-refractivity contribution in [3.8, 4) is 6.07 Å². The van der Waals surface area contributed by atoms with Gasteiger partial charge >= 0.3 is 0 Å². The Balaban J connectivity index is 2.15. The van der Waals surface area contributed by atoms with Crippen LogP contribution in [-0.2, 0) is 4.79 Å². The van der Waals surface area contributed by atoms with E-state index < -0.39 is 18.0 Å². The standard InChI is InChI=1S/C18H14N4O/c19-11-14-17(18(20)23)22-16(13-9-5-2-6-10-13)15(21-14)12-7-3-1-4-8-12/h1-10,15,17H,(H2,20,23)/t15-,17+/m1/s1. The molecular formula is C18H14N4O. The maximum absolute atomic E-state index is 11.6. The summed E-state index contributed by atoms with van der Waals surface area (Å²) in [7, 11) is 0. The molecule has 0 unspecified atom stereocenters. The van der Waals surface area contributed by atoms with Gasteiger partial charge in [-0.2, -0.15) is 5.26 Å². The average molecular weight is 302 g/mol. The van der Waals surface area contributed by atoms with Crippen LogP contribution in [0.15, 0.2) is 70.6 Å². The van der Waals surface area contributed by atoms with Crippen LogP contribution in [0, 0.1) is 11.3 Å². The highest BCUT2D eigenvalue weighted by atomic mass is 16.1. The predicted octanol–water partition coefficient (Wildman–Crippen LogP) is 2.05. The van der Waals surface area contributed by atoms with Crippen LogP contribution in [0.1, 0.15) is 17.2 Å². The number of carbonyl (C=O) groups is 1. The maximum atomic E-state index is 11.6. The molecule has 2 atom stereocenters. The molecule has 0 aliphatic carbocycles. The fourth-order valence-electron chi connectivity index (χ4n) is 2.54. The Kier molecular flexibility index (Phi) is 3.98. The highest BCUT2D eigenvalue weighted by Gasteiger charge is 2.31. The van der Waals surface area contributed by atoms with Gasteiger partial charge in [-0.1, -0.05) is 60.7 Å². The molecule has 0 bridgehead atoms. The Morgan fingerprint density at radius 2 is 1.61 bits per heavy atom. The third kappa shape index (κ3) is 2.87. The van der Waals surface area contributed by atoms with Crippen molar-refractivity contribution in [2.75, 3.05) is 0 Å². The van der Waals surface area contributed by atoms with E-state index in [1.54, 1.807) is 0 Å². The summed E-state index contributed by atoms with van der Waals surface area (Å²) < 4.78 is 0. The first kappa shape index (κ1) is 14.7. The monoisotopic (exact) mass is 302 g/mol. The third-order valence-corrected chi connectivity index (χ3v) is 3.62. The number of hydrogen-bond acceptors (Lipinski definition) is 4. The lowest BCUT2D eigenvalue weighted by Crippen LogP contribution is -2.38. The second kappa shape index (κ2) is 6.24. The summed E-state index contributed by atoms with van der Waals surface area (Å²) in [4.78, 5) is 20.5. The maximum Gasteiger partial charge on any atom is 0.249 e. The van der Waals surface area contributed by atoms with Gasteiger partial charge in [-0.25, -0.2) is 0 Å². The summed E-state index contributed by atoms with van der Waals surface area (Å²) in [6.45, 7) is 0. The van der Waals surface area contributed by atoms with Crippen LogP contribution < -0.4 is 5.73 Å². The smallest absolute Gasteiger partial charge is 0.249 e. The zero-order chi connectivity index (χ0) is 16.2. The minimum Gasteiger partial charge on any atom is -0.367 e. The summed E-state index contributed by atoms with van der Waals surface area (Å²) in [6.07, 6.45) is 0. The van der Waals surface area contributed by atoms with Crippen LogP contribution in [0.2, 0.25) is 0 Å². The summed E-state index contributed by atoms with van der Waals surface area (Å²) in [6, 6.07) is 19.5. The van der Waals surface area contributed by atoms with Crippen molar-refractivity contribution in [3.63, 3.8) is 0 Å². The highest BCUT2D eigenvalue weighted by molar-refractivity contribution is 6.20. The normalized spacial score (nSPS) is 20.1. The molecule has 2 aromatic rings. The molecule has 2 N–H and O–H groups in total. The van der Waals surface area contributed by atoms with Crippen molar-refractivity contribution in [3.05, 3.63) is 71.8 Å². The number of benzene rings is 2. The fourth-order valence-corrected chi connectivity index (χ4v) is 2.54. The quantitative estimate of drug-likeness (QED) is 0.939. The predicted molar refractivity (Wildman–Crippen MR) is 88.2 cm³/mol. The van der Waals surface area contributed by atoms with Crippen LogP contribution in [0.5, 0.6) is 0 Å². The van der Waals surface area contributed by atoms with Gasteiger partial charge < -0.3 is 5.73 Å². The Bertz CT molecular complexity index is 819. The average Bonchev–Trinajstić information content (AvgIpc) is 2.62. The van der Waals surface area contributed by atoms with Crippen molar-refractivity contribution >= 4 is 17.3 Å². The number of carbonyl (C=O) groups excluding carboxylic acids is 1. The molecule has 0 radical (unpaired) electrons. The van der Waals surface area contributed by atoms with Gasteiger partial charge in [0.25, 0.3) is 0 Å². The first-order valence-corrected chi connectivity index (χ1v) is 7.16. The van der Waals surface area contributed by atoms with Gasteiger partial charge in [0.15, 0.2) is 6.04 Å². The lowest BCUT2D eigenvalue weighted by atomic mass is 9.94. The summed E-state index contributed by atoms with van der Waals surface area (Å²) in [5, 5.41) is 9.27. The molecule has 0 aromatic heterocycles. The minimum absolute atomic E-state index is 0.0473. The molecule has 23 heavy (non-hydrogen) atoms. The van der Waals surface area contributed by atoms with Gasteiger partial charge in [0.1, 0.15) is 17.8 Å². The van der Waals surface area contributed by atoms with Crippen LogP contribution in [-0.4, -0.2) is 23.4 Å². The first-order chi connectivity index (χ1) is 11.2. The van der Waals surface area contributed by atoms with E-state index in [1.165, 1.54) is 0 Å². The van der Waals surface area contributed by atoms with Gasteiger partial charge in [0.05, 0.1) is 5.71 Å². The van der Waals surface area contributed by atoms with E-state index in [9.17, 15) is 10.1 Å². The van der Waals surface area contributed by atoms with Crippen LogP contribution in [0.4, 0.5) is 0 Å². The van der Waals surface area contributed by atoms with E-state index in [1.807, 2.05) is 66.7 Å². The van der Waals surface area contributed by atoms with Crippen molar-refractivity contribution < 1.29 is 4.79 Å². The Morgan fingerprint density at radius 3 is 2.17 bits per heavy atom. The van der Waals surface area contributed by atoms with Crippen molar-refractivity contribution in [1.29, 1.82) is 5.26 Å². The van der Waals surface area contributed by atoms with Gasteiger partial charge in [0.2, 0.25) is 5.91 Å². The van der Waals surface area contributed by atoms with E-state index >= 15 is 0 Å². The molecule has 0 spiro atoms. The highest BCUT2D eigenvalue weighted by Crippen LogP contribution is 2.27. The van der Waals surface area contributed by atoms with Crippen molar-refractivity contribution in [2.45, 2.75) is 12.1 Å². The molecule has 1 amide bonds. The lowest BCUT2D eigenvalue weighted by Gasteiger charge is -2.23. The second-order valence-corrected chi connectivity index (χ2v) is 5.12. The molecule has 0 saturated heterocycles. The molecule has 0 saturated carbocycles. The fraction of sp³-hybridized carbons (Fsp3) is 0.111. The Hall–Kier alpha value is -3.26. The third-order valence-electron chi connectivity index (χ3n) is 3.62. The first-order valence-electron chi connectivity index (χ1n) is 7.16. The van der Waals surface area contributed by atoms with Gasteiger partial charge in [0, 0.05) is 0 Å². The van der Waals surface area contributed by atoms with Gasteiger partial charge in [-0.3, -0.25) is 14.8 Å². The zero-order valence-electron chi connectivity index (χ0n) is 12.3. The molecule has 5 nitrogen and oxygen atoms in total. The number of rotatable bonds is 3. The number of primary amides is 1. The number of nitriles is 1. The molecule has 1 aliphatic heterocycles. The minimum atomic E-state index is -1.03. The molecule has 1 heterocycles. The largest absolute Gasteiger partial charge is 0.367 e. The molecule has 3 rings (SSSR count). The number of hydrogen-bond donors (Lipinski definition) is 1. The van der Waals surface area contributed by atoms with Crippen LogP contribution >= 0.6 is 0 Å². The van der Waals surface area contributed by atoms with Gasteiger partial charge in [-0.15, -0.1) is 0 Å². The van der Waals surface area contributed by atoms with E-state index in [4.69, 9.17) is 5.73 Å². The zero-order valence-corrected chi connectivity index (χ0v) is 12.3. The van der Waals surface area contributed by atoms with Crippen LogP contribution in [0.25, 0.3) is 0 Å². The summed E-state index contributed by atoms with van der Waals surface area (Å²) >= 11 is 0. The summed E-state index contributed by atoms with van der Waals surface area (Å²) in [5.41, 5.74) is 7.83. The molecule has 5 heteroatoms. The molecular weight excluding hydrogens is 288 g/mol.